The van der Waals surface area contributed by atoms with Crippen LogP contribution in [0.1, 0.15) is 89.9 Å². The van der Waals surface area contributed by atoms with Crippen LogP contribution in [0, 0.1) is 0 Å². The van der Waals surface area contributed by atoms with Crippen LogP contribution in [0.25, 0.3) is 0 Å². The molecule has 1 N–H and O–H groups in total. The molecular weight excluding hydrogens is 405 g/mol. The molecule has 1 aliphatic carbocycles. The van der Waals surface area contributed by atoms with Crippen molar-refractivity contribution in [3.05, 3.63) is 35.9 Å². The first-order chi connectivity index (χ1) is 15.1. The molecule has 0 aromatic heterocycles. The fraction of sp³-hybridized carbons (Fsp3) is 0.680. The number of benzene rings is 1. The quantitative estimate of drug-likeness (QED) is 0.316. The lowest BCUT2D eigenvalue weighted by Crippen LogP contribution is -2.58. The average Bonchev–Trinajstić information content (AvgIpc) is 2.95. The van der Waals surface area contributed by atoms with Gasteiger partial charge in [-0.15, -0.1) is 0 Å². The molecule has 7 heteroatoms. The van der Waals surface area contributed by atoms with Crippen LogP contribution in [0.5, 0.6) is 0 Å². The molecule has 2 aliphatic rings. The first-order valence-electron chi connectivity index (χ1n) is 12.0. The molecule has 32 heavy (non-hydrogen) atoms. The topological polar surface area (TPSA) is 73.9 Å². The molecule has 1 saturated heterocycles. The third-order valence-electron chi connectivity index (χ3n) is 7.48. The van der Waals surface area contributed by atoms with Crippen molar-refractivity contribution in [2.45, 2.75) is 102 Å². The minimum absolute atomic E-state index is 0.00466. The van der Waals surface area contributed by atoms with E-state index in [2.05, 4.69) is 33.0 Å². The Kier molecular flexibility index (Phi) is 7.71. The standard InChI is InChI=1S/C25H38BNO5/c1-6-30-21(28)15-11-8-12-17-25(26-31-23(2,3)24(4,5)32-26)18-16-20(25)27-22(29)19-13-9-7-10-14-19/h7,9-10,13-14,20H,6,8,11-12,15-18H2,1-5H3,(H,27,29)/t20-,25+/m0/s1. The molecule has 0 radical (unpaired) electrons. The van der Waals surface area contributed by atoms with E-state index in [1.54, 1.807) is 0 Å². The summed E-state index contributed by atoms with van der Waals surface area (Å²) >= 11 is 0. The maximum Gasteiger partial charge on any atom is 0.466 e. The third kappa shape index (κ3) is 5.20. The number of hydrogen-bond acceptors (Lipinski definition) is 5. The fourth-order valence-corrected chi connectivity index (χ4v) is 4.62. The van der Waals surface area contributed by atoms with Gasteiger partial charge in [-0.2, -0.15) is 0 Å². The molecule has 1 heterocycles. The van der Waals surface area contributed by atoms with Gasteiger partial charge in [-0.25, -0.2) is 0 Å². The summed E-state index contributed by atoms with van der Waals surface area (Å²) in [7, 11) is -0.368. The van der Waals surface area contributed by atoms with Crippen LogP contribution < -0.4 is 5.32 Å². The maximum absolute atomic E-state index is 12.9. The number of rotatable bonds is 10. The molecule has 176 valence electrons. The smallest absolute Gasteiger partial charge is 0.466 e. The molecule has 2 atom stereocenters. The molecule has 2 fully saturated rings. The van der Waals surface area contributed by atoms with Crippen molar-refractivity contribution in [1.29, 1.82) is 0 Å². The number of esters is 1. The Hall–Kier alpha value is -1.86. The van der Waals surface area contributed by atoms with Crippen LogP contribution in [0.4, 0.5) is 0 Å². The number of hydrogen-bond donors (Lipinski definition) is 1. The van der Waals surface area contributed by atoms with Crippen LogP contribution in [0.15, 0.2) is 30.3 Å². The van der Waals surface area contributed by atoms with Crippen LogP contribution in [-0.4, -0.2) is 42.8 Å². The zero-order valence-electron chi connectivity index (χ0n) is 20.2. The average molecular weight is 443 g/mol. The molecule has 1 aliphatic heterocycles. The lowest BCUT2D eigenvalue weighted by atomic mass is 9.42. The summed E-state index contributed by atoms with van der Waals surface area (Å²) in [6.45, 7) is 10.5. The van der Waals surface area contributed by atoms with Crippen LogP contribution in [0.3, 0.4) is 0 Å². The lowest BCUT2D eigenvalue weighted by Gasteiger charge is -2.51. The number of unbranched alkanes of at least 4 members (excludes halogenated alkanes) is 2. The predicted molar refractivity (Wildman–Crippen MR) is 125 cm³/mol. The van der Waals surface area contributed by atoms with Gasteiger partial charge in [0.25, 0.3) is 5.91 Å². The van der Waals surface area contributed by atoms with E-state index < -0.39 is 11.2 Å². The second-order valence-electron chi connectivity index (χ2n) is 10.1. The summed E-state index contributed by atoms with van der Waals surface area (Å²) in [5.74, 6) is -0.191. The largest absolute Gasteiger partial charge is 0.466 e. The van der Waals surface area contributed by atoms with Crippen molar-refractivity contribution in [3.63, 3.8) is 0 Å². The van der Waals surface area contributed by atoms with E-state index in [0.29, 0.717) is 18.6 Å². The van der Waals surface area contributed by atoms with Crippen molar-refractivity contribution >= 4 is 19.0 Å². The van der Waals surface area contributed by atoms with Gasteiger partial charge in [0.15, 0.2) is 0 Å². The van der Waals surface area contributed by atoms with Crippen molar-refractivity contribution in [1.82, 2.24) is 5.32 Å². The van der Waals surface area contributed by atoms with Crippen LogP contribution in [0.2, 0.25) is 5.31 Å². The molecule has 0 bridgehead atoms. The normalized spacial score (nSPS) is 25.8. The molecule has 1 saturated carbocycles. The highest BCUT2D eigenvalue weighted by Crippen LogP contribution is 2.59. The summed E-state index contributed by atoms with van der Waals surface area (Å²) < 4.78 is 18.0. The molecular formula is C25H38BNO5. The summed E-state index contributed by atoms with van der Waals surface area (Å²) in [6, 6.07) is 9.32. The van der Waals surface area contributed by atoms with E-state index in [4.69, 9.17) is 14.0 Å². The summed E-state index contributed by atoms with van der Waals surface area (Å²) in [5, 5.41) is 2.99. The first kappa shape index (κ1) is 24.8. The van der Waals surface area contributed by atoms with Crippen LogP contribution >= 0.6 is 0 Å². The number of amides is 1. The van der Waals surface area contributed by atoms with Crippen molar-refractivity contribution in [2.75, 3.05) is 6.61 Å². The lowest BCUT2D eigenvalue weighted by molar-refractivity contribution is -0.143. The Morgan fingerprint density at radius 1 is 1.06 bits per heavy atom. The Morgan fingerprint density at radius 2 is 1.72 bits per heavy atom. The molecule has 6 nitrogen and oxygen atoms in total. The number of nitrogens with one attached hydrogen (secondary N) is 1. The SMILES string of the molecule is CCOC(=O)CCCCC[C@@]1(B2OC(C)(C)C(C)(C)O2)CC[C@@H]1NC(=O)c1ccccc1. The maximum atomic E-state index is 12.9. The molecule has 3 rings (SSSR count). The monoisotopic (exact) mass is 443 g/mol. The number of ether oxygens (including phenoxy) is 1. The van der Waals surface area contributed by atoms with E-state index >= 15 is 0 Å². The molecule has 1 aromatic carbocycles. The van der Waals surface area contributed by atoms with Gasteiger partial charge in [-0.3, -0.25) is 9.59 Å². The number of carbonyl (C=O) groups excluding carboxylic acids is 2. The van der Waals surface area contributed by atoms with Gasteiger partial charge in [0, 0.05) is 23.3 Å². The summed E-state index contributed by atoms with van der Waals surface area (Å²) in [6.07, 6.45) is 5.87. The minimum Gasteiger partial charge on any atom is -0.466 e. The second kappa shape index (κ2) is 9.96. The Morgan fingerprint density at radius 3 is 2.28 bits per heavy atom. The van der Waals surface area contributed by atoms with E-state index in [1.165, 1.54) is 0 Å². The van der Waals surface area contributed by atoms with Gasteiger partial charge in [0.1, 0.15) is 0 Å². The van der Waals surface area contributed by atoms with Crippen LogP contribution in [-0.2, 0) is 18.8 Å². The molecule has 0 spiro atoms. The van der Waals surface area contributed by atoms with Gasteiger partial charge in [-0.1, -0.05) is 31.0 Å². The highest BCUT2D eigenvalue weighted by atomic mass is 16.7. The minimum atomic E-state index is -0.418. The summed E-state index contributed by atoms with van der Waals surface area (Å²) in [5.41, 5.74) is -0.173. The zero-order chi connectivity index (χ0) is 23.4. The van der Waals surface area contributed by atoms with Crippen molar-refractivity contribution < 1.29 is 23.6 Å². The van der Waals surface area contributed by atoms with E-state index in [-0.39, 0.29) is 30.4 Å². The van der Waals surface area contributed by atoms with Gasteiger partial charge >= 0.3 is 13.1 Å². The molecule has 1 aromatic rings. The first-order valence-corrected chi connectivity index (χ1v) is 12.0. The van der Waals surface area contributed by atoms with Crippen molar-refractivity contribution in [3.8, 4) is 0 Å². The van der Waals surface area contributed by atoms with Gasteiger partial charge in [-0.05, 0) is 72.4 Å². The Bertz CT molecular complexity index is 781. The predicted octanol–water partition coefficient (Wildman–Crippen LogP) is 4.93. The summed E-state index contributed by atoms with van der Waals surface area (Å²) in [4.78, 5) is 24.5. The van der Waals surface area contributed by atoms with Gasteiger partial charge in [0.2, 0.25) is 0 Å². The molecule has 1 amide bonds. The Labute approximate surface area is 192 Å². The second-order valence-corrected chi connectivity index (χ2v) is 10.1. The van der Waals surface area contributed by atoms with E-state index in [1.807, 2.05) is 37.3 Å². The van der Waals surface area contributed by atoms with Gasteiger partial charge < -0.3 is 19.4 Å². The third-order valence-corrected chi connectivity index (χ3v) is 7.48. The Balaban J connectivity index is 1.68. The highest BCUT2D eigenvalue weighted by molar-refractivity contribution is 6.50. The van der Waals surface area contributed by atoms with E-state index in [0.717, 1.165) is 38.5 Å². The fourth-order valence-electron chi connectivity index (χ4n) is 4.62. The van der Waals surface area contributed by atoms with Crippen molar-refractivity contribution in [2.24, 2.45) is 0 Å². The number of carbonyl (C=O) groups is 2. The molecule has 0 unspecified atom stereocenters. The zero-order valence-corrected chi connectivity index (χ0v) is 20.2. The van der Waals surface area contributed by atoms with Gasteiger partial charge in [0.05, 0.1) is 17.8 Å². The highest BCUT2D eigenvalue weighted by Gasteiger charge is 2.64. The van der Waals surface area contributed by atoms with E-state index in [9.17, 15) is 9.59 Å².